The molecule has 0 atom stereocenters. The molecule has 1 aromatic heterocycles. The van der Waals surface area contributed by atoms with Crippen molar-refractivity contribution < 1.29 is 4.74 Å². The lowest BCUT2D eigenvalue weighted by Crippen LogP contribution is -1.96. The zero-order valence-electron chi connectivity index (χ0n) is 7.09. The van der Waals surface area contributed by atoms with Crippen LogP contribution in [0.2, 0.25) is 0 Å². The van der Waals surface area contributed by atoms with E-state index in [0.29, 0.717) is 11.6 Å². The van der Waals surface area contributed by atoms with Gasteiger partial charge in [0.2, 0.25) is 5.88 Å². The highest BCUT2D eigenvalue weighted by Gasteiger charge is 2.00. The molecule has 0 fully saturated rings. The van der Waals surface area contributed by atoms with Gasteiger partial charge >= 0.3 is 0 Å². The Bertz CT molecular complexity index is 315. The monoisotopic (exact) mass is 162 g/mol. The van der Waals surface area contributed by atoms with Crippen LogP contribution in [-0.4, -0.2) is 19.1 Å². The Morgan fingerprint density at radius 1 is 1.58 bits per heavy atom. The van der Waals surface area contributed by atoms with Gasteiger partial charge in [0.15, 0.2) is 0 Å². The highest BCUT2D eigenvalue weighted by Crippen LogP contribution is 2.15. The van der Waals surface area contributed by atoms with E-state index in [1.54, 1.807) is 20.2 Å². The second-order valence-corrected chi connectivity index (χ2v) is 2.14. The number of ether oxygens (including phenoxy) is 1. The summed E-state index contributed by atoms with van der Waals surface area (Å²) < 4.78 is 4.92. The molecule has 3 nitrogen and oxygen atoms in total. The molecule has 0 amide bonds. The summed E-state index contributed by atoms with van der Waals surface area (Å²) in [6.45, 7) is 0. The molecule has 0 unspecified atom stereocenters. The minimum absolute atomic E-state index is 0.530. The number of hydrogen-bond acceptors (Lipinski definition) is 3. The lowest BCUT2D eigenvalue weighted by Gasteiger charge is -2.04. The zero-order chi connectivity index (χ0) is 8.97. The molecule has 0 aliphatic carbocycles. The van der Waals surface area contributed by atoms with Crippen LogP contribution >= 0.6 is 0 Å². The Hall–Kier alpha value is -1.69. The summed E-state index contributed by atoms with van der Waals surface area (Å²) in [6.07, 6.45) is 5.24. The summed E-state index contributed by atoms with van der Waals surface area (Å²) in [5, 5.41) is 2.94. The predicted octanol–water partition coefficient (Wildman–Crippen LogP) is 1.11. The van der Waals surface area contributed by atoms with Crippen LogP contribution in [0.25, 0.3) is 0 Å². The average molecular weight is 162 g/mol. The van der Waals surface area contributed by atoms with Crippen molar-refractivity contribution in [1.29, 1.82) is 0 Å². The second kappa shape index (κ2) is 3.63. The summed E-state index contributed by atoms with van der Waals surface area (Å²) in [4.78, 5) is 4.06. The van der Waals surface area contributed by atoms with Crippen molar-refractivity contribution in [2.24, 2.45) is 0 Å². The molecule has 1 N–H and O–H groups in total. The van der Waals surface area contributed by atoms with Crippen LogP contribution in [-0.2, 0) is 0 Å². The fourth-order valence-corrected chi connectivity index (χ4v) is 0.867. The predicted molar refractivity (Wildman–Crippen MR) is 48.3 cm³/mol. The van der Waals surface area contributed by atoms with Gasteiger partial charge in [-0.3, -0.25) is 0 Å². The maximum absolute atomic E-state index is 5.24. The Morgan fingerprint density at radius 2 is 2.33 bits per heavy atom. The Balaban J connectivity index is 3.13. The third-order valence-electron chi connectivity index (χ3n) is 1.48. The number of anilines is 1. The lowest BCUT2D eigenvalue weighted by molar-refractivity contribution is 0.397. The van der Waals surface area contributed by atoms with Gasteiger partial charge in [0.25, 0.3) is 0 Å². The first-order valence-corrected chi connectivity index (χ1v) is 3.51. The first-order valence-electron chi connectivity index (χ1n) is 3.51. The van der Waals surface area contributed by atoms with Gasteiger partial charge in [-0.15, -0.1) is 6.42 Å². The van der Waals surface area contributed by atoms with Gasteiger partial charge in [-0.1, -0.05) is 0 Å². The average Bonchev–Trinajstić information content (AvgIpc) is 2.16. The number of nitrogens with one attached hydrogen (secondary N) is 1. The molecule has 0 saturated carbocycles. The van der Waals surface area contributed by atoms with Gasteiger partial charge in [-0.25, -0.2) is 4.98 Å². The van der Waals surface area contributed by atoms with Gasteiger partial charge in [-0.2, -0.15) is 0 Å². The fourth-order valence-electron chi connectivity index (χ4n) is 0.867. The fraction of sp³-hybridized carbons (Fsp3) is 0.222. The number of hydrogen-bond donors (Lipinski definition) is 1. The minimum Gasteiger partial charge on any atom is -0.481 e. The van der Waals surface area contributed by atoms with E-state index in [1.165, 1.54) is 0 Å². The highest BCUT2D eigenvalue weighted by molar-refractivity contribution is 5.55. The van der Waals surface area contributed by atoms with E-state index in [9.17, 15) is 0 Å². The summed E-state index contributed by atoms with van der Waals surface area (Å²) >= 11 is 0. The van der Waals surface area contributed by atoms with E-state index < -0.39 is 0 Å². The summed E-state index contributed by atoms with van der Waals surface area (Å²) in [5.41, 5.74) is 1.40. The molecule has 3 heteroatoms. The van der Waals surface area contributed by atoms with Gasteiger partial charge in [0.1, 0.15) is 5.69 Å². The highest BCUT2D eigenvalue weighted by atomic mass is 16.5. The van der Waals surface area contributed by atoms with Crippen LogP contribution in [0.15, 0.2) is 12.1 Å². The molecule has 1 rings (SSSR count). The quantitative estimate of drug-likeness (QED) is 0.661. The van der Waals surface area contributed by atoms with Crippen LogP contribution in [0, 0.1) is 12.3 Å². The maximum Gasteiger partial charge on any atom is 0.214 e. The summed E-state index contributed by atoms with van der Waals surface area (Å²) in [7, 11) is 3.35. The molecule has 62 valence electrons. The van der Waals surface area contributed by atoms with Crippen LogP contribution in [0.1, 0.15) is 5.69 Å². The van der Waals surface area contributed by atoms with Crippen molar-refractivity contribution in [2.75, 3.05) is 19.5 Å². The van der Waals surface area contributed by atoms with Crippen LogP contribution in [0.5, 0.6) is 5.88 Å². The number of methoxy groups -OCH3 is 1. The van der Waals surface area contributed by atoms with E-state index >= 15 is 0 Å². The third kappa shape index (κ3) is 1.48. The Labute approximate surface area is 71.8 Å². The summed E-state index contributed by atoms with van der Waals surface area (Å²) in [6, 6.07) is 3.59. The zero-order valence-corrected chi connectivity index (χ0v) is 7.09. The van der Waals surface area contributed by atoms with Gasteiger partial charge in [0, 0.05) is 13.1 Å². The van der Waals surface area contributed by atoms with Crippen molar-refractivity contribution in [3.8, 4) is 18.2 Å². The third-order valence-corrected chi connectivity index (χ3v) is 1.48. The Kier molecular flexibility index (Phi) is 2.54. The normalized spacial score (nSPS) is 8.75. The summed E-state index contributed by atoms with van der Waals surface area (Å²) in [5.74, 6) is 3.00. The Morgan fingerprint density at radius 3 is 2.83 bits per heavy atom. The second-order valence-electron chi connectivity index (χ2n) is 2.14. The van der Waals surface area contributed by atoms with E-state index in [2.05, 4.69) is 16.2 Å². The molecule has 0 aliphatic heterocycles. The number of terminal acetylenes is 1. The first kappa shape index (κ1) is 8.41. The van der Waals surface area contributed by atoms with Crippen molar-refractivity contribution >= 4 is 5.69 Å². The molecule has 1 heterocycles. The van der Waals surface area contributed by atoms with Crippen molar-refractivity contribution in [3.63, 3.8) is 0 Å². The molecular weight excluding hydrogens is 152 g/mol. The molecule has 0 saturated heterocycles. The molecular formula is C9H10N2O. The van der Waals surface area contributed by atoms with E-state index in [4.69, 9.17) is 11.2 Å². The van der Waals surface area contributed by atoms with Crippen LogP contribution in [0.3, 0.4) is 0 Å². The van der Waals surface area contributed by atoms with Crippen molar-refractivity contribution in [2.45, 2.75) is 0 Å². The van der Waals surface area contributed by atoms with Crippen molar-refractivity contribution in [3.05, 3.63) is 17.8 Å². The molecule has 12 heavy (non-hydrogen) atoms. The largest absolute Gasteiger partial charge is 0.481 e. The SMILES string of the molecule is C#Cc1nc(OC)ccc1NC. The van der Waals surface area contributed by atoms with E-state index in [1.807, 2.05) is 6.07 Å². The molecule has 1 aromatic rings. The number of nitrogens with zero attached hydrogens (tertiary/aromatic N) is 1. The van der Waals surface area contributed by atoms with Gasteiger partial charge in [-0.05, 0) is 12.0 Å². The number of rotatable bonds is 2. The topological polar surface area (TPSA) is 34.1 Å². The van der Waals surface area contributed by atoms with Crippen molar-refractivity contribution in [1.82, 2.24) is 4.98 Å². The smallest absolute Gasteiger partial charge is 0.214 e. The van der Waals surface area contributed by atoms with E-state index in [0.717, 1.165) is 5.69 Å². The van der Waals surface area contributed by atoms with Gasteiger partial charge in [0.05, 0.1) is 12.8 Å². The molecule has 0 aromatic carbocycles. The first-order chi connectivity index (χ1) is 5.81. The van der Waals surface area contributed by atoms with Gasteiger partial charge < -0.3 is 10.1 Å². The number of pyridine rings is 1. The van der Waals surface area contributed by atoms with Crippen LogP contribution in [0.4, 0.5) is 5.69 Å². The minimum atomic E-state index is 0.530. The van der Waals surface area contributed by atoms with E-state index in [-0.39, 0.29) is 0 Å². The molecule has 0 spiro atoms. The molecule has 0 radical (unpaired) electrons. The maximum atomic E-state index is 5.24. The molecule has 0 aliphatic rings. The standard InChI is InChI=1S/C9H10N2O/c1-4-7-8(10-2)5-6-9(11-7)12-3/h1,5-6,10H,2-3H3. The molecule has 0 bridgehead atoms. The lowest BCUT2D eigenvalue weighted by atomic mass is 10.3. The van der Waals surface area contributed by atoms with Crippen LogP contribution < -0.4 is 10.1 Å². The number of aromatic nitrogens is 1.